The highest BCUT2D eigenvalue weighted by Crippen LogP contribution is 2.21. The van der Waals surface area contributed by atoms with E-state index in [-0.39, 0.29) is 11.4 Å². The van der Waals surface area contributed by atoms with E-state index >= 15 is 0 Å². The van der Waals surface area contributed by atoms with Gasteiger partial charge in [0.2, 0.25) is 0 Å². The van der Waals surface area contributed by atoms with Crippen LogP contribution in [0.4, 0.5) is 0 Å². The lowest BCUT2D eigenvalue weighted by Gasteiger charge is -2.22. The van der Waals surface area contributed by atoms with Gasteiger partial charge in [-0.25, -0.2) is 4.79 Å². The molecule has 1 fully saturated rings. The summed E-state index contributed by atoms with van der Waals surface area (Å²) < 4.78 is 7.08. The number of nitrogens with zero attached hydrogens (tertiary/aromatic N) is 1. The normalized spacial score (nSPS) is 17.3. The lowest BCUT2D eigenvalue weighted by Crippen LogP contribution is -2.25. The third kappa shape index (κ3) is 2.01. The molecule has 18 heavy (non-hydrogen) atoms. The highest BCUT2D eigenvalue weighted by molar-refractivity contribution is 5.76. The Labute approximate surface area is 104 Å². The van der Waals surface area contributed by atoms with Gasteiger partial charge < -0.3 is 14.8 Å². The van der Waals surface area contributed by atoms with Crippen LogP contribution in [0.1, 0.15) is 12.8 Å². The summed E-state index contributed by atoms with van der Waals surface area (Å²) >= 11 is 0. The Morgan fingerprint density at radius 1 is 1.39 bits per heavy atom. The van der Waals surface area contributed by atoms with E-state index in [2.05, 4.69) is 4.98 Å². The fraction of sp³-hybridized carbons (Fsp3) is 0.462. The van der Waals surface area contributed by atoms with Crippen LogP contribution in [0.15, 0.2) is 23.0 Å². The zero-order chi connectivity index (χ0) is 12.5. The van der Waals surface area contributed by atoms with E-state index in [0.29, 0.717) is 18.0 Å². The van der Waals surface area contributed by atoms with E-state index in [1.807, 2.05) is 0 Å². The number of phenols is 1. The van der Waals surface area contributed by atoms with Crippen LogP contribution in [-0.4, -0.2) is 27.9 Å². The summed E-state index contributed by atoms with van der Waals surface area (Å²) in [5.41, 5.74) is 1.43. The van der Waals surface area contributed by atoms with Gasteiger partial charge in [-0.2, -0.15) is 0 Å². The Balaban J connectivity index is 1.95. The van der Waals surface area contributed by atoms with Gasteiger partial charge in [0.25, 0.3) is 0 Å². The van der Waals surface area contributed by atoms with Crippen LogP contribution in [0.3, 0.4) is 0 Å². The molecule has 0 radical (unpaired) electrons. The molecule has 1 aliphatic heterocycles. The van der Waals surface area contributed by atoms with E-state index in [0.717, 1.165) is 31.6 Å². The van der Waals surface area contributed by atoms with Gasteiger partial charge in [0.1, 0.15) is 5.75 Å². The highest BCUT2D eigenvalue weighted by Gasteiger charge is 2.17. The fourth-order valence-corrected chi connectivity index (χ4v) is 2.52. The minimum absolute atomic E-state index is 0.109. The fourth-order valence-electron chi connectivity index (χ4n) is 2.52. The molecule has 1 aromatic heterocycles. The third-order valence-corrected chi connectivity index (χ3v) is 3.54. The van der Waals surface area contributed by atoms with Gasteiger partial charge in [-0.1, -0.05) is 0 Å². The molecule has 0 atom stereocenters. The van der Waals surface area contributed by atoms with Crippen LogP contribution in [0.25, 0.3) is 11.0 Å². The van der Waals surface area contributed by atoms with Crippen molar-refractivity contribution >= 4 is 11.0 Å². The maximum Gasteiger partial charge on any atom is 0.326 e. The minimum atomic E-state index is -0.109. The zero-order valence-electron chi connectivity index (χ0n) is 10.1. The molecule has 0 bridgehead atoms. The highest BCUT2D eigenvalue weighted by atomic mass is 16.5. The Morgan fingerprint density at radius 2 is 2.17 bits per heavy atom. The average Bonchev–Trinajstić information content (AvgIpc) is 2.66. The number of nitrogens with one attached hydrogen (secondary N) is 1. The molecule has 2 N–H and O–H groups in total. The predicted molar refractivity (Wildman–Crippen MR) is 67.8 cm³/mol. The molecule has 0 spiro atoms. The van der Waals surface area contributed by atoms with Crippen LogP contribution in [0.5, 0.6) is 5.75 Å². The van der Waals surface area contributed by atoms with Crippen LogP contribution in [-0.2, 0) is 11.3 Å². The molecule has 0 aliphatic carbocycles. The van der Waals surface area contributed by atoms with Crippen molar-refractivity contribution in [2.24, 2.45) is 5.92 Å². The Kier molecular flexibility index (Phi) is 2.83. The van der Waals surface area contributed by atoms with E-state index in [9.17, 15) is 9.90 Å². The van der Waals surface area contributed by atoms with Crippen molar-refractivity contribution in [2.75, 3.05) is 13.2 Å². The van der Waals surface area contributed by atoms with E-state index < -0.39 is 0 Å². The van der Waals surface area contributed by atoms with Crippen molar-refractivity contribution in [2.45, 2.75) is 19.4 Å². The van der Waals surface area contributed by atoms with Gasteiger partial charge in [0.05, 0.1) is 11.0 Å². The van der Waals surface area contributed by atoms with Gasteiger partial charge in [-0.05, 0) is 30.9 Å². The van der Waals surface area contributed by atoms with Crippen molar-refractivity contribution in [3.8, 4) is 5.75 Å². The van der Waals surface area contributed by atoms with Crippen molar-refractivity contribution in [3.05, 3.63) is 28.7 Å². The maximum atomic E-state index is 11.9. The van der Waals surface area contributed by atoms with Crippen LogP contribution in [0, 0.1) is 5.92 Å². The number of rotatable bonds is 2. The lowest BCUT2D eigenvalue weighted by molar-refractivity contribution is 0.0613. The number of ether oxygens (including phenoxy) is 1. The number of aromatic amines is 1. The quantitative estimate of drug-likeness (QED) is 0.845. The van der Waals surface area contributed by atoms with E-state index in [1.54, 1.807) is 22.8 Å². The van der Waals surface area contributed by atoms with Crippen molar-refractivity contribution < 1.29 is 9.84 Å². The molecule has 5 nitrogen and oxygen atoms in total. The summed E-state index contributed by atoms with van der Waals surface area (Å²) in [6, 6.07) is 4.97. The summed E-state index contributed by atoms with van der Waals surface area (Å²) in [5, 5.41) is 9.40. The summed E-state index contributed by atoms with van der Waals surface area (Å²) in [4.78, 5) is 14.7. The topological polar surface area (TPSA) is 67.2 Å². The average molecular weight is 248 g/mol. The molecule has 0 amide bonds. The lowest BCUT2D eigenvalue weighted by atomic mass is 10.0. The minimum Gasteiger partial charge on any atom is -0.508 e. The first-order valence-corrected chi connectivity index (χ1v) is 6.23. The SMILES string of the molecule is O=c1[nH]c2cc(O)ccc2n1CC1CCOCC1. The Hall–Kier alpha value is -1.75. The molecule has 1 saturated heterocycles. The number of phenolic OH excluding ortho intramolecular Hbond substituents is 1. The predicted octanol–water partition coefficient (Wildman–Crippen LogP) is 1.46. The summed E-state index contributed by atoms with van der Waals surface area (Å²) in [5.74, 6) is 0.659. The molecule has 2 heterocycles. The number of aromatic hydroxyl groups is 1. The number of benzene rings is 1. The van der Waals surface area contributed by atoms with Crippen LogP contribution < -0.4 is 5.69 Å². The first kappa shape index (κ1) is 11.3. The van der Waals surface area contributed by atoms with Gasteiger partial charge >= 0.3 is 5.69 Å². The second-order valence-corrected chi connectivity index (χ2v) is 4.80. The molecule has 1 aliphatic rings. The monoisotopic (exact) mass is 248 g/mol. The molecule has 3 rings (SSSR count). The molecule has 5 heteroatoms. The maximum absolute atomic E-state index is 11.9. The van der Waals surface area contributed by atoms with Crippen molar-refractivity contribution in [1.29, 1.82) is 0 Å². The van der Waals surface area contributed by atoms with Gasteiger partial charge in [-0.15, -0.1) is 0 Å². The largest absolute Gasteiger partial charge is 0.508 e. The molecular formula is C13H16N2O3. The summed E-state index contributed by atoms with van der Waals surface area (Å²) in [6.45, 7) is 2.28. The summed E-state index contributed by atoms with van der Waals surface area (Å²) in [6.07, 6.45) is 1.99. The van der Waals surface area contributed by atoms with E-state index in [1.165, 1.54) is 0 Å². The first-order chi connectivity index (χ1) is 8.74. The van der Waals surface area contributed by atoms with Crippen LogP contribution >= 0.6 is 0 Å². The second-order valence-electron chi connectivity index (χ2n) is 4.80. The Morgan fingerprint density at radius 3 is 2.94 bits per heavy atom. The number of aromatic nitrogens is 2. The number of hydrogen-bond donors (Lipinski definition) is 2. The van der Waals surface area contributed by atoms with Crippen molar-refractivity contribution in [1.82, 2.24) is 9.55 Å². The first-order valence-electron chi connectivity index (χ1n) is 6.23. The van der Waals surface area contributed by atoms with Crippen molar-refractivity contribution in [3.63, 3.8) is 0 Å². The van der Waals surface area contributed by atoms with Gasteiger partial charge in [0, 0.05) is 25.8 Å². The molecule has 0 unspecified atom stereocenters. The number of fused-ring (bicyclic) bond motifs is 1. The standard InChI is InChI=1S/C13H16N2O3/c16-10-1-2-12-11(7-10)14-13(17)15(12)8-9-3-5-18-6-4-9/h1-2,7,9,16H,3-6,8H2,(H,14,17). The van der Waals surface area contributed by atoms with Crippen LogP contribution in [0.2, 0.25) is 0 Å². The number of H-pyrrole nitrogens is 1. The van der Waals surface area contributed by atoms with Gasteiger partial charge in [0.15, 0.2) is 0 Å². The molecular weight excluding hydrogens is 232 g/mol. The molecule has 1 aromatic carbocycles. The molecule has 96 valence electrons. The summed E-state index contributed by atoms with van der Waals surface area (Å²) in [7, 11) is 0. The number of imidazole rings is 1. The molecule has 2 aromatic rings. The van der Waals surface area contributed by atoms with E-state index in [4.69, 9.17) is 4.74 Å². The zero-order valence-corrected chi connectivity index (χ0v) is 10.1. The molecule has 0 saturated carbocycles. The third-order valence-electron chi connectivity index (χ3n) is 3.54. The van der Waals surface area contributed by atoms with Gasteiger partial charge in [-0.3, -0.25) is 4.57 Å². The smallest absolute Gasteiger partial charge is 0.326 e. The Bertz CT molecular complexity index is 608. The second kappa shape index (κ2) is 4.49. The number of hydrogen-bond acceptors (Lipinski definition) is 3.